The van der Waals surface area contributed by atoms with Crippen LogP contribution in [0.3, 0.4) is 0 Å². The van der Waals surface area contributed by atoms with Gasteiger partial charge in [0.1, 0.15) is 0 Å². The van der Waals surface area contributed by atoms with E-state index in [0.717, 1.165) is 18.0 Å². The number of fused-ring (bicyclic) bond motifs is 1. The molecule has 1 saturated heterocycles. The van der Waals surface area contributed by atoms with Crippen molar-refractivity contribution in [1.82, 2.24) is 19.5 Å². The SMILES string of the molecule is Cc1cccn2nc(C3CCCN(C(C)C)C3)nc12. The third-order valence-electron chi connectivity index (χ3n) is 4.12. The number of pyridine rings is 1. The first-order valence-corrected chi connectivity index (χ1v) is 7.21. The van der Waals surface area contributed by atoms with Crippen LogP contribution in [0.4, 0.5) is 0 Å². The number of aromatic nitrogens is 3. The van der Waals surface area contributed by atoms with Gasteiger partial charge in [-0.2, -0.15) is 5.10 Å². The Morgan fingerprint density at radius 3 is 2.95 bits per heavy atom. The molecule has 0 amide bonds. The highest BCUT2D eigenvalue weighted by Crippen LogP contribution is 2.26. The molecular weight excluding hydrogens is 236 g/mol. The highest BCUT2D eigenvalue weighted by atomic mass is 15.3. The molecule has 102 valence electrons. The topological polar surface area (TPSA) is 33.4 Å². The first-order chi connectivity index (χ1) is 9.15. The number of likely N-dealkylation sites (tertiary alicyclic amines) is 1. The molecule has 0 bridgehead atoms. The zero-order chi connectivity index (χ0) is 13.4. The minimum Gasteiger partial charge on any atom is -0.300 e. The van der Waals surface area contributed by atoms with Crippen LogP contribution in [-0.2, 0) is 0 Å². The summed E-state index contributed by atoms with van der Waals surface area (Å²) in [7, 11) is 0. The normalized spacial score (nSPS) is 21.4. The molecule has 0 aromatic carbocycles. The molecule has 4 heteroatoms. The van der Waals surface area contributed by atoms with Crippen molar-refractivity contribution in [3.8, 4) is 0 Å². The van der Waals surface area contributed by atoms with Crippen molar-refractivity contribution < 1.29 is 0 Å². The number of rotatable bonds is 2. The van der Waals surface area contributed by atoms with E-state index < -0.39 is 0 Å². The van der Waals surface area contributed by atoms with Gasteiger partial charge in [0.2, 0.25) is 0 Å². The zero-order valence-electron chi connectivity index (χ0n) is 12.0. The van der Waals surface area contributed by atoms with E-state index in [0.29, 0.717) is 12.0 Å². The molecule has 1 fully saturated rings. The lowest BCUT2D eigenvalue weighted by atomic mass is 9.96. The molecule has 3 heterocycles. The summed E-state index contributed by atoms with van der Waals surface area (Å²) in [5, 5.41) is 4.67. The van der Waals surface area contributed by atoms with E-state index >= 15 is 0 Å². The molecule has 0 saturated carbocycles. The molecule has 2 aromatic rings. The van der Waals surface area contributed by atoms with E-state index in [1.54, 1.807) is 0 Å². The maximum atomic E-state index is 4.75. The third kappa shape index (κ3) is 2.37. The Kier molecular flexibility index (Phi) is 3.27. The van der Waals surface area contributed by atoms with Crippen molar-refractivity contribution >= 4 is 5.65 Å². The second kappa shape index (κ2) is 4.93. The number of aryl methyl sites for hydroxylation is 1. The fraction of sp³-hybridized carbons (Fsp3) is 0.600. The Morgan fingerprint density at radius 2 is 2.21 bits per heavy atom. The Labute approximate surface area is 114 Å². The molecule has 1 aliphatic heterocycles. The van der Waals surface area contributed by atoms with Gasteiger partial charge in [0.15, 0.2) is 11.5 Å². The van der Waals surface area contributed by atoms with Crippen LogP contribution in [0.5, 0.6) is 0 Å². The van der Waals surface area contributed by atoms with Crippen LogP contribution in [-0.4, -0.2) is 38.6 Å². The number of piperidine rings is 1. The van der Waals surface area contributed by atoms with Crippen molar-refractivity contribution in [2.45, 2.75) is 45.6 Å². The van der Waals surface area contributed by atoms with Crippen LogP contribution in [0.15, 0.2) is 18.3 Å². The zero-order valence-corrected chi connectivity index (χ0v) is 12.0. The van der Waals surface area contributed by atoms with E-state index in [1.807, 2.05) is 16.8 Å². The fourth-order valence-corrected chi connectivity index (χ4v) is 2.92. The standard InChI is InChI=1S/C15H22N4/c1-11(2)18-8-5-7-13(10-18)14-16-15-12(3)6-4-9-19(15)17-14/h4,6,9,11,13H,5,7-8,10H2,1-3H3. The van der Waals surface area contributed by atoms with Gasteiger partial charge in [-0.15, -0.1) is 0 Å². The van der Waals surface area contributed by atoms with Crippen LogP contribution in [0, 0.1) is 6.92 Å². The predicted octanol–water partition coefficient (Wildman–Crippen LogP) is 2.63. The van der Waals surface area contributed by atoms with Crippen molar-refractivity contribution in [1.29, 1.82) is 0 Å². The Balaban J connectivity index is 1.89. The van der Waals surface area contributed by atoms with E-state index in [2.05, 4.69) is 36.8 Å². The second-order valence-electron chi connectivity index (χ2n) is 5.86. The molecule has 4 nitrogen and oxygen atoms in total. The molecule has 0 N–H and O–H groups in total. The summed E-state index contributed by atoms with van der Waals surface area (Å²) in [6.45, 7) is 8.93. The first-order valence-electron chi connectivity index (χ1n) is 7.21. The van der Waals surface area contributed by atoms with Gasteiger partial charge in [-0.25, -0.2) is 9.50 Å². The number of hydrogen-bond donors (Lipinski definition) is 0. The number of nitrogens with zero attached hydrogens (tertiary/aromatic N) is 4. The van der Waals surface area contributed by atoms with Gasteiger partial charge < -0.3 is 4.90 Å². The van der Waals surface area contributed by atoms with Crippen LogP contribution in [0.25, 0.3) is 5.65 Å². The minimum absolute atomic E-state index is 0.482. The molecule has 1 atom stereocenters. The molecule has 2 aromatic heterocycles. The Bertz CT molecular complexity index is 573. The van der Waals surface area contributed by atoms with E-state index in [4.69, 9.17) is 4.98 Å². The van der Waals surface area contributed by atoms with Crippen LogP contribution in [0.1, 0.15) is 44.0 Å². The Hall–Kier alpha value is -1.42. The van der Waals surface area contributed by atoms with E-state index in [1.165, 1.54) is 24.9 Å². The quantitative estimate of drug-likeness (QED) is 0.830. The van der Waals surface area contributed by atoms with Crippen molar-refractivity contribution in [3.05, 3.63) is 29.7 Å². The molecule has 0 spiro atoms. The van der Waals surface area contributed by atoms with Crippen LogP contribution >= 0.6 is 0 Å². The Morgan fingerprint density at radius 1 is 1.37 bits per heavy atom. The van der Waals surface area contributed by atoms with Gasteiger partial charge in [-0.3, -0.25) is 0 Å². The predicted molar refractivity (Wildman–Crippen MR) is 76.4 cm³/mol. The molecule has 0 aliphatic carbocycles. The lowest BCUT2D eigenvalue weighted by Gasteiger charge is -2.34. The van der Waals surface area contributed by atoms with Gasteiger partial charge >= 0.3 is 0 Å². The van der Waals surface area contributed by atoms with Crippen molar-refractivity contribution in [3.63, 3.8) is 0 Å². The lowest BCUT2D eigenvalue weighted by molar-refractivity contribution is 0.165. The summed E-state index contributed by atoms with van der Waals surface area (Å²) < 4.78 is 1.92. The maximum Gasteiger partial charge on any atom is 0.158 e. The summed E-state index contributed by atoms with van der Waals surface area (Å²) in [5.41, 5.74) is 2.19. The monoisotopic (exact) mass is 258 g/mol. The van der Waals surface area contributed by atoms with Gasteiger partial charge in [0.05, 0.1) is 0 Å². The highest BCUT2D eigenvalue weighted by Gasteiger charge is 2.25. The fourth-order valence-electron chi connectivity index (χ4n) is 2.92. The molecule has 19 heavy (non-hydrogen) atoms. The second-order valence-corrected chi connectivity index (χ2v) is 5.86. The summed E-state index contributed by atoms with van der Waals surface area (Å²) >= 11 is 0. The van der Waals surface area contributed by atoms with Crippen molar-refractivity contribution in [2.24, 2.45) is 0 Å². The average Bonchev–Trinajstić information content (AvgIpc) is 2.84. The summed E-state index contributed by atoms with van der Waals surface area (Å²) in [6, 6.07) is 4.73. The lowest BCUT2D eigenvalue weighted by Crippen LogP contribution is -2.39. The first kappa shape index (κ1) is 12.6. The molecule has 3 rings (SSSR count). The molecule has 1 unspecified atom stereocenters. The third-order valence-corrected chi connectivity index (χ3v) is 4.12. The highest BCUT2D eigenvalue weighted by molar-refractivity contribution is 5.46. The molecule has 0 radical (unpaired) electrons. The summed E-state index contributed by atoms with van der Waals surface area (Å²) in [5.74, 6) is 1.50. The smallest absolute Gasteiger partial charge is 0.158 e. The maximum absolute atomic E-state index is 4.75. The van der Waals surface area contributed by atoms with Crippen molar-refractivity contribution in [2.75, 3.05) is 13.1 Å². The number of hydrogen-bond acceptors (Lipinski definition) is 3. The average molecular weight is 258 g/mol. The van der Waals surface area contributed by atoms with Crippen LogP contribution < -0.4 is 0 Å². The minimum atomic E-state index is 0.482. The largest absolute Gasteiger partial charge is 0.300 e. The van der Waals surface area contributed by atoms with E-state index in [-0.39, 0.29) is 0 Å². The summed E-state index contributed by atoms with van der Waals surface area (Å²) in [6.07, 6.45) is 4.44. The molecule has 1 aliphatic rings. The van der Waals surface area contributed by atoms with Gasteiger partial charge in [-0.05, 0) is 51.8 Å². The van der Waals surface area contributed by atoms with E-state index in [9.17, 15) is 0 Å². The van der Waals surface area contributed by atoms with Gasteiger partial charge in [0.25, 0.3) is 0 Å². The van der Waals surface area contributed by atoms with Crippen LogP contribution in [0.2, 0.25) is 0 Å². The van der Waals surface area contributed by atoms with Gasteiger partial charge in [-0.1, -0.05) is 6.07 Å². The van der Waals surface area contributed by atoms with Gasteiger partial charge in [0, 0.05) is 24.7 Å². The summed E-state index contributed by atoms with van der Waals surface area (Å²) in [4.78, 5) is 7.29. The molecular formula is C15H22N4.